The van der Waals surface area contributed by atoms with Gasteiger partial charge in [-0.2, -0.15) is 0 Å². The zero-order chi connectivity index (χ0) is 14.3. The number of carboxylic acids is 1. The van der Waals surface area contributed by atoms with Gasteiger partial charge in [-0.05, 0) is 0 Å². The number of aliphatic carboxylic acids is 1. The van der Waals surface area contributed by atoms with Crippen LogP contribution in [0.25, 0.3) is 0 Å². The maximum Gasteiger partial charge on any atom is 0.320 e. The van der Waals surface area contributed by atoms with E-state index in [0.717, 1.165) is 0 Å². The Kier molecular flexibility index (Phi) is 6.08. The van der Waals surface area contributed by atoms with E-state index >= 15 is 0 Å². The molecule has 0 aromatic heterocycles. The number of carbonyl (C=O) groups excluding carboxylic acids is 1. The Morgan fingerprint density at radius 2 is 2.00 bits per heavy atom. The van der Waals surface area contributed by atoms with Gasteiger partial charge in [0.15, 0.2) is 0 Å². The molecule has 106 valence electrons. The standard InChI is InChI=1S/C13H20N2O4/c1-3-5-14(6-4-2)13(18)15-7-8-19-10-11(15)9-12(16)17/h3-4,11H,1-2,5-10H2,(H,16,17). The van der Waals surface area contributed by atoms with E-state index in [9.17, 15) is 9.59 Å². The van der Waals surface area contributed by atoms with Gasteiger partial charge in [-0.25, -0.2) is 4.79 Å². The summed E-state index contributed by atoms with van der Waals surface area (Å²) < 4.78 is 5.25. The first-order chi connectivity index (χ1) is 9.10. The van der Waals surface area contributed by atoms with Crippen LogP contribution < -0.4 is 0 Å². The van der Waals surface area contributed by atoms with Crippen molar-refractivity contribution in [2.24, 2.45) is 0 Å². The van der Waals surface area contributed by atoms with Gasteiger partial charge in [0.25, 0.3) is 0 Å². The lowest BCUT2D eigenvalue weighted by molar-refractivity contribution is -0.139. The molecule has 0 aromatic rings. The molecule has 0 spiro atoms. The molecular weight excluding hydrogens is 248 g/mol. The second-order valence-corrected chi connectivity index (χ2v) is 4.28. The third-order valence-electron chi connectivity index (χ3n) is 2.85. The molecule has 0 aliphatic carbocycles. The van der Waals surface area contributed by atoms with Gasteiger partial charge in [0, 0.05) is 19.6 Å². The third-order valence-corrected chi connectivity index (χ3v) is 2.85. The Morgan fingerprint density at radius 3 is 2.53 bits per heavy atom. The molecule has 1 unspecified atom stereocenters. The number of rotatable bonds is 6. The van der Waals surface area contributed by atoms with Gasteiger partial charge in [-0.15, -0.1) is 13.2 Å². The van der Waals surface area contributed by atoms with E-state index in [4.69, 9.17) is 9.84 Å². The summed E-state index contributed by atoms with van der Waals surface area (Å²) in [6.07, 6.45) is 3.16. The van der Waals surface area contributed by atoms with Crippen LogP contribution in [0.2, 0.25) is 0 Å². The summed E-state index contributed by atoms with van der Waals surface area (Å²) in [6, 6.07) is -0.620. The van der Waals surface area contributed by atoms with E-state index in [1.54, 1.807) is 22.0 Å². The number of hydrogen-bond donors (Lipinski definition) is 1. The maximum absolute atomic E-state index is 12.4. The van der Waals surface area contributed by atoms with Gasteiger partial charge < -0.3 is 19.6 Å². The van der Waals surface area contributed by atoms with Crippen LogP contribution in [0.15, 0.2) is 25.3 Å². The molecule has 1 N–H and O–H groups in total. The first kappa shape index (κ1) is 15.2. The molecule has 6 heteroatoms. The van der Waals surface area contributed by atoms with Crippen molar-refractivity contribution < 1.29 is 19.4 Å². The minimum atomic E-state index is -0.938. The van der Waals surface area contributed by atoms with Crippen molar-refractivity contribution in [2.45, 2.75) is 12.5 Å². The van der Waals surface area contributed by atoms with E-state index in [0.29, 0.717) is 26.2 Å². The molecule has 0 bridgehead atoms. The van der Waals surface area contributed by atoms with Crippen LogP contribution >= 0.6 is 0 Å². The lowest BCUT2D eigenvalue weighted by Gasteiger charge is -2.37. The smallest absolute Gasteiger partial charge is 0.320 e. The van der Waals surface area contributed by atoms with Crippen LogP contribution in [-0.4, -0.2) is 65.8 Å². The van der Waals surface area contributed by atoms with Crippen molar-refractivity contribution in [1.82, 2.24) is 9.80 Å². The minimum Gasteiger partial charge on any atom is -0.481 e. The molecule has 1 rings (SSSR count). The van der Waals surface area contributed by atoms with Crippen molar-refractivity contribution in [3.05, 3.63) is 25.3 Å². The zero-order valence-electron chi connectivity index (χ0n) is 11.0. The highest BCUT2D eigenvalue weighted by molar-refractivity contribution is 5.76. The topological polar surface area (TPSA) is 70.1 Å². The predicted molar refractivity (Wildman–Crippen MR) is 70.9 cm³/mol. The Balaban J connectivity index is 2.76. The van der Waals surface area contributed by atoms with Crippen molar-refractivity contribution in [3.8, 4) is 0 Å². The highest BCUT2D eigenvalue weighted by Gasteiger charge is 2.31. The molecular formula is C13H20N2O4. The molecule has 1 atom stereocenters. The number of morpholine rings is 1. The fourth-order valence-electron chi connectivity index (χ4n) is 2.00. The SMILES string of the molecule is C=CCN(CC=C)C(=O)N1CCOCC1CC(=O)O. The van der Waals surface area contributed by atoms with Crippen LogP contribution in [0, 0.1) is 0 Å². The average Bonchev–Trinajstić information content (AvgIpc) is 2.38. The molecule has 1 aliphatic heterocycles. The molecule has 0 radical (unpaired) electrons. The lowest BCUT2D eigenvalue weighted by atomic mass is 10.1. The van der Waals surface area contributed by atoms with Crippen LogP contribution in [-0.2, 0) is 9.53 Å². The molecule has 1 saturated heterocycles. The number of carbonyl (C=O) groups is 2. The fourth-order valence-corrected chi connectivity index (χ4v) is 2.00. The number of ether oxygens (including phenoxy) is 1. The summed E-state index contributed by atoms with van der Waals surface area (Å²) in [4.78, 5) is 26.3. The van der Waals surface area contributed by atoms with Gasteiger partial charge >= 0.3 is 12.0 Å². The Morgan fingerprint density at radius 1 is 1.37 bits per heavy atom. The summed E-state index contributed by atoms with van der Waals surface area (Å²) in [7, 11) is 0. The number of carboxylic acid groups (broad SMARTS) is 1. The highest BCUT2D eigenvalue weighted by Crippen LogP contribution is 2.13. The van der Waals surface area contributed by atoms with Crippen LogP contribution in [0.4, 0.5) is 4.79 Å². The maximum atomic E-state index is 12.4. The summed E-state index contributed by atoms with van der Waals surface area (Å²) >= 11 is 0. The average molecular weight is 268 g/mol. The van der Waals surface area contributed by atoms with Crippen molar-refractivity contribution >= 4 is 12.0 Å². The summed E-state index contributed by atoms with van der Waals surface area (Å²) in [5, 5.41) is 8.87. The van der Waals surface area contributed by atoms with E-state index in [1.165, 1.54) is 0 Å². The molecule has 1 fully saturated rings. The Hall–Kier alpha value is -1.82. The van der Waals surface area contributed by atoms with E-state index in [-0.39, 0.29) is 19.1 Å². The molecule has 1 aliphatic rings. The number of hydrogen-bond acceptors (Lipinski definition) is 3. The summed E-state index contributed by atoms with van der Waals surface area (Å²) in [5.41, 5.74) is 0. The normalized spacial score (nSPS) is 18.7. The van der Waals surface area contributed by atoms with E-state index in [2.05, 4.69) is 13.2 Å². The van der Waals surface area contributed by atoms with Gasteiger partial charge in [0.2, 0.25) is 0 Å². The quantitative estimate of drug-likeness (QED) is 0.728. The molecule has 6 nitrogen and oxygen atoms in total. The molecule has 2 amide bonds. The van der Waals surface area contributed by atoms with E-state index < -0.39 is 12.0 Å². The summed E-state index contributed by atoms with van der Waals surface area (Å²) in [5.74, 6) is -0.938. The summed E-state index contributed by atoms with van der Waals surface area (Å²) in [6.45, 7) is 9.12. The first-order valence-electron chi connectivity index (χ1n) is 6.17. The Bertz CT molecular complexity index is 347. The van der Waals surface area contributed by atoms with Crippen LogP contribution in [0.1, 0.15) is 6.42 Å². The highest BCUT2D eigenvalue weighted by atomic mass is 16.5. The second-order valence-electron chi connectivity index (χ2n) is 4.28. The first-order valence-corrected chi connectivity index (χ1v) is 6.17. The predicted octanol–water partition coefficient (Wildman–Crippen LogP) is 0.956. The zero-order valence-corrected chi connectivity index (χ0v) is 11.0. The molecule has 1 heterocycles. The van der Waals surface area contributed by atoms with Crippen molar-refractivity contribution in [2.75, 3.05) is 32.8 Å². The Labute approximate surface area is 112 Å². The molecule has 19 heavy (non-hydrogen) atoms. The number of nitrogens with zero attached hydrogens (tertiary/aromatic N) is 2. The van der Waals surface area contributed by atoms with Crippen LogP contribution in [0.3, 0.4) is 0 Å². The third kappa shape index (κ3) is 4.40. The fraction of sp³-hybridized carbons (Fsp3) is 0.538. The number of urea groups is 1. The van der Waals surface area contributed by atoms with Gasteiger partial charge in [0.1, 0.15) is 0 Å². The largest absolute Gasteiger partial charge is 0.481 e. The monoisotopic (exact) mass is 268 g/mol. The van der Waals surface area contributed by atoms with Crippen molar-refractivity contribution in [3.63, 3.8) is 0 Å². The van der Waals surface area contributed by atoms with E-state index in [1.807, 2.05) is 0 Å². The molecule has 0 aromatic carbocycles. The minimum absolute atomic E-state index is 0.109. The lowest BCUT2D eigenvalue weighted by Crippen LogP contribution is -2.54. The van der Waals surface area contributed by atoms with Crippen LogP contribution in [0.5, 0.6) is 0 Å². The molecule has 0 saturated carbocycles. The van der Waals surface area contributed by atoms with Crippen molar-refractivity contribution in [1.29, 1.82) is 0 Å². The second kappa shape index (κ2) is 7.58. The van der Waals surface area contributed by atoms with Gasteiger partial charge in [-0.3, -0.25) is 4.79 Å². The number of amides is 2. The van der Waals surface area contributed by atoms with Gasteiger partial charge in [0.05, 0.1) is 25.7 Å². The van der Waals surface area contributed by atoms with Gasteiger partial charge in [-0.1, -0.05) is 12.2 Å².